The van der Waals surface area contributed by atoms with Crippen LogP contribution in [0.3, 0.4) is 0 Å². The zero-order valence-electron chi connectivity index (χ0n) is 4.61. The lowest BCUT2D eigenvalue weighted by molar-refractivity contribution is 0.0908. The highest BCUT2D eigenvalue weighted by Crippen LogP contribution is 2.07. The van der Waals surface area contributed by atoms with E-state index in [2.05, 4.69) is 5.32 Å². The van der Waals surface area contributed by atoms with Crippen LogP contribution in [0.25, 0.3) is 0 Å². The van der Waals surface area contributed by atoms with E-state index >= 15 is 0 Å². The Balaban J connectivity index is 0.000000490. The minimum atomic E-state index is 0. The van der Waals surface area contributed by atoms with E-state index in [-0.39, 0.29) is 1.43 Å². The molecule has 0 aromatic heterocycles. The zero-order chi connectivity index (χ0) is 5.11. The fourth-order valence-corrected chi connectivity index (χ4v) is 0.805. The minimum absolute atomic E-state index is 0. The Morgan fingerprint density at radius 2 is 2.71 bits per heavy atom. The van der Waals surface area contributed by atoms with Gasteiger partial charge in [-0.2, -0.15) is 0 Å². The van der Waals surface area contributed by atoms with Gasteiger partial charge in [0.05, 0.1) is 0 Å². The lowest BCUT2D eigenvalue weighted by atomic mass is 10.3. The van der Waals surface area contributed by atoms with E-state index in [4.69, 9.17) is 4.74 Å². The molecule has 1 aliphatic heterocycles. The van der Waals surface area contributed by atoms with Gasteiger partial charge in [0.15, 0.2) is 0 Å². The largest absolute Gasteiger partial charge is 0.363 e. The minimum Gasteiger partial charge on any atom is -0.363 e. The summed E-state index contributed by atoms with van der Waals surface area (Å²) in [5, 5.41) is 3.04. The van der Waals surface area contributed by atoms with Crippen LogP contribution in [-0.4, -0.2) is 19.9 Å². The molecule has 0 aromatic rings. The number of hydrogen-bond donors (Lipinski definition) is 1. The second-order valence-corrected chi connectivity index (χ2v) is 1.79. The Kier molecular flexibility index (Phi) is 1.65. The molecule has 1 N–H and O–H groups in total. The molecule has 1 fully saturated rings. The lowest BCUT2D eigenvalue weighted by Crippen LogP contribution is -2.22. The van der Waals surface area contributed by atoms with Gasteiger partial charge in [-0.3, -0.25) is 5.32 Å². The van der Waals surface area contributed by atoms with E-state index < -0.39 is 0 Å². The Morgan fingerprint density at radius 1 is 1.86 bits per heavy atom. The molecule has 0 radical (unpaired) electrons. The van der Waals surface area contributed by atoms with Crippen molar-refractivity contribution < 1.29 is 6.16 Å². The van der Waals surface area contributed by atoms with Crippen LogP contribution in [0, 0.1) is 0 Å². The van der Waals surface area contributed by atoms with Gasteiger partial charge in [-0.05, 0) is 19.9 Å². The number of ether oxygens (including phenoxy) is 1. The van der Waals surface area contributed by atoms with Crippen molar-refractivity contribution in [3.8, 4) is 0 Å². The molecule has 0 spiro atoms. The van der Waals surface area contributed by atoms with Gasteiger partial charge in [0.1, 0.15) is 6.23 Å². The van der Waals surface area contributed by atoms with Gasteiger partial charge in [0, 0.05) is 8.03 Å². The van der Waals surface area contributed by atoms with E-state index in [0.29, 0.717) is 6.23 Å². The normalized spacial score (nSPS) is 31.3. The molecule has 7 heavy (non-hydrogen) atoms. The van der Waals surface area contributed by atoms with Crippen LogP contribution in [0.15, 0.2) is 0 Å². The fourth-order valence-electron chi connectivity index (χ4n) is 0.805. The van der Waals surface area contributed by atoms with E-state index in [1.807, 2.05) is 7.05 Å². The molecule has 1 rings (SSSR count). The van der Waals surface area contributed by atoms with Crippen LogP contribution < -0.4 is 5.32 Å². The fraction of sp³-hybridized carbons (Fsp3) is 1.00. The van der Waals surface area contributed by atoms with Crippen LogP contribution in [0.4, 0.5) is 0 Å². The lowest BCUT2D eigenvalue weighted by Gasteiger charge is -2.04. The van der Waals surface area contributed by atoms with Crippen molar-refractivity contribution in [2.45, 2.75) is 19.1 Å². The summed E-state index contributed by atoms with van der Waals surface area (Å²) in [6.07, 6.45) is 2.74. The second kappa shape index (κ2) is 2.28. The summed E-state index contributed by atoms with van der Waals surface area (Å²) in [7, 11) is 1.93. The molecule has 1 aliphatic rings. The predicted octanol–water partition coefficient (Wildman–Crippen LogP) is 0.588. The van der Waals surface area contributed by atoms with Crippen LogP contribution in [0.1, 0.15) is 14.3 Å². The topological polar surface area (TPSA) is 21.3 Å². The second-order valence-electron chi connectivity index (χ2n) is 1.79. The molecule has 0 bridgehead atoms. The standard InChI is InChI=1S/C5H11NO.H2/c1-6-5-3-2-4-7-5;/h5-6H,2-4H2,1H3;1H. The molecular formula is C5H13NO. The van der Waals surface area contributed by atoms with Crippen molar-refractivity contribution in [2.75, 3.05) is 13.7 Å². The first-order valence-corrected chi connectivity index (χ1v) is 2.72. The van der Waals surface area contributed by atoms with Gasteiger partial charge in [-0.25, -0.2) is 0 Å². The maximum atomic E-state index is 5.19. The van der Waals surface area contributed by atoms with Gasteiger partial charge in [0.2, 0.25) is 0 Å². The van der Waals surface area contributed by atoms with Gasteiger partial charge < -0.3 is 4.74 Å². The summed E-state index contributed by atoms with van der Waals surface area (Å²) >= 11 is 0. The van der Waals surface area contributed by atoms with E-state index in [1.165, 1.54) is 12.8 Å². The van der Waals surface area contributed by atoms with Crippen LogP contribution in [0.5, 0.6) is 0 Å². The molecule has 0 amide bonds. The van der Waals surface area contributed by atoms with Gasteiger partial charge in [-0.15, -0.1) is 0 Å². The highest BCUT2D eigenvalue weighted by atomic mass is 16.5. The smallest absolute Gasteiger partial charge is 0.107 e. The van der Waals surface area contributed by atoms with Crippen LogP contribution in [0.2, 0.25) is 0 Å². The first-order chi connectivity index (χ1) is 3.43. The van der Waals surface area contributed by atoms with Crippen molar-refractivity contribution in [1.82, 2.24) is 5.32 Å². The quantitative estimate of drug-likeness (QED) is 0.524. The summed E-state index contributed by atoms with van der Waals surface area (Å²) in [4.78, 5) is 0. The number of nitrogens with one attached hydrogen (secondary N) is 1. The Labute approximate surface area is 45.3 Å². The third-order valence-corrected chi connectivity index (χ3v) is 1.25. The molecule has 44 valence electrons. The zero-order valence-corrected chi connectivity index (χ0v) is 4.61. The maximum Gasteiger partial charge on any atom is 0.107 e. The highest BCUT2D eigenvalue weighted by molar-refractivity contribution is 4.58. The van der Waals surface area contributed by atoms with Crippen molar-refractivity contribution >= 4 is 0 Å². The summed E-state index contributed by atoms with van der Waals surface area (Å²) in [5.41, 5.74) is 0. The number of hydrogen-bond acceptors (Lipinski definition) is 2. The Bertz CT molecular complexity index is 54.4. The Hall–Kier alpha value is -0.0800. The molecule has 1 heterocycles. The van der Waals surface area contributed by atoms with E-state index in [9.17, 15) is 0 Å². The predicted molar refractivity (Wildman–Crippen MR) is 30.1 cm³/mol. The molecule has 2 heteroatoms. The molecular weight excluding hydrogens is 90.1 g/mol. The summed E-state index contributed by atoms with van der Waals surface area (Å²) < 4.78 is 5.19. The third kappa shape index (κ3) is 1.14. The van der Waals surface area contributed by atoms with Gasteiger partial charge in [0.25, 0.3) is 0 Å². The molecule has 1 atom stereocenters. The SMILES string of the molecule is CNC1CCCO1.[HH]. The molecule has 2 nitrogen and oxygen atoms in total. The summed E-state index contributed by atoms with van der Waals surface area (Å²) in [5.74, 6) is 0. The van der Waals surface area contributed by atoms with Gasteiger partial charge >= 0.3 is 0 Å². The average molecular weight is 103 g/mol. The van der Waals surface area contributed by atoms with Crippen molar-refractivity contribution in [3.63, 3.8) is 0 Å². The summed E-state index contributed by atoms with van der Waals surface area (Å²) in [6, 6.07) is 0. The first-order valence-electron chi connectivity index (χ1n) is 2.72. The third-order valence-electron chi connectivity index (χ3n) is 1.25. The van der Waals surface area contributed by atoms with Crippen molar-refractivity contribution in [2.24, 2.45) is 0 Å². The van der Waals surface area contributed by atoms with Crippen LogP contribution in [-0.2, 0) is 4.74 Å². The van der Waals surface area contributed by atoms with Gasteiger partial charge in [-0.1, -0.05) is 0 Å². The molecule has 1 saturated heterocycles. The molecule has 0 aromatic carbocycles. The highest BCUT2D eigenvalue weighted by Gasteiger charge is 2.10. The van der Waals surface area contributed by atoms with Crippen LogP contribution >= 0.6 is 0 Å². The number of rotatable bonds is 1. The molecule has 0 saturated carbocycles. The van der Waals surface area contributed by atoms with E-state index in [1.54, 1.807) is 0 Å². The van der Waals surface area contributed by atoms with Crippen molar-refractivity contribution in [1.29, 1.82) is 0 Å². The Morgan fingerprint density at radius 3 is 3.00 bits per heavy atom. The van der Waals surface area contributed by atoms with Crippen molar-refractivity contribution in [3.05, 3.63) is 0 Å². The molecule has 1 unspecified atom stereocenters. The van der Waals surface area contributed by atoms with E-state index in [0.717, 1.165) is 6.61 Å². The average Bonchev–Trinajstić information content (AvgIpc) is 2.14. The summed E-state index contributed by atoms with van der Waals surface area (Å²) in [6.45, 7) is 0.936. The maximum absolute atomic E-state index is 5.19. The molecule has 0 aliphatic carbocycles. The first kappa shape index (κ1) is 5.06. The monoisotopic (exact) mass is 103 g/mol.